The molecule has 1 rings (SSSR count). The van der Waals surface area contributed by atoms with Crippen LogP contribution in [0.4, 0.5) is 18.0 Å². The van der Waals surface area contributed by atoms with Gasteiger partial charge >= 0.3 is 12.3 Å². The molecule has 0 aromatic carbocycles. The number of amides is 1. The van der Waals surface area contributed by atoms with Gasteiger partial charge in [0.15, 0.2) is 0 Å². The zero-order valence-electron chi connectivity index (χ0n) is 10.0. The van der Waals surface area contributed by atoms with Gasteiger partial charge in [0.2, 0.25) is 0 Å². The van der Waals surface area contributed by atoms with Gasteiger partial charge in [0.05, 0.1) is 12.0 Å². The Labute approximate surface area is 97.9 Å². The van der Waals surface area contributed by atoms with Crippen molar-refractivity contribution in [3.63, 3.8) is 0 Å². The first-order valence-electron chi connectivity index (χ1n) is 5.36. The zero-order chi connectivity index (χ0) is 13.3. The summed E-state index contributed by atoms with van der Waals surface area (Å²) >= 11 is 0. The molecule has 17 heavy (non-hydrogen) atoms. The number of carbonyl (C=O) groups is 1. The van der Waals surface area contributed by atoms with E-state index in [1.54, 1.807) is 20.8 Å². The number of nitrogens with one attached hydrogen (secondary N) is 2. The highest BCUT2D eigenvalue weighted by Gasteiger charge is 2.47. The molecular weight excluding hydrogens is 237 g/mol. The van der Waals surface area contributed by atoms with Crippen molar-refractivity contribution >= 4 is 6.09 Å². The van der Waals surface area contributed by atoms with Crippen molar-refractivity contribution in [2.45, 2.75) is 38.6 Å². The van der Waals surface area contributed by atoms with Crippen LogP contribution in [-0.2, 0) is 4.74 Å². The molecule has 0 radical (unpaired) electrons. The lowest BCUT2D eigenvalue weighted by molar-refractivity contribution is -0.173. The quantitative estimate of drug-likeness (QED) is 0.748. The standard InChI is InChI=1S/C10H17F3N2O2/c1-9(2,3)17-8(16)15-7-5-14-4-6(7)10(11,12)13/h6-7,14H,4-5H2,1-3H3,(H,15,16)/t6-,7+/m0/s1. The Morgan fingerprint density at radius 3 is 2.35 bits per heavy atom. The molecule has 1 heterocycles. The number of halogens is 3. The lowest BCUT2D eigenvalue weighted by atomic mass is 10.0. The summed E-state index contributed by atoms with van der Waals surface area (Å²) < 4.78 is 42.6. The fourth-order valence-electron chi connectivity index (χ4n) is 1.63. The third-order valence-electron chi connectivity index (χ3n) is 2.34. The van der Waals surface area contributed by atoms with Gasteiger partial charge in [0, 0.05) is 13.1 Å². The lowest BCUT2D eigenvalue weighted by Gasteiger charge is -2.25. The topological polar surface area (TPSA) is 50.4 Å². The number of hydrogen-bond acceptors (Lipinski definition) is 3. The molecule has 4 nitrogen and oxygen atoms in total. The van der Waals surface area contributed by atoms with Crippen molar-refractivity contribution in [3.05, 3.63) is 0 Å². The van der Waals surface area contributed by atoms with Crippen LogP contribution in [0.5, 0.6) is 0 Å². The average molecular weight is 254 g/mol. The third-order valence-corrected chi connectivity index (χ3v) is 2.34. The Balaban J connectivity index is 2.54. The number of hydrogen-bond donors (Lipinski definition) is 2. The van der Waals surface area contributed by atoms with Crippen LogP contribution >= 0.6 is 0 Å². The molecule has 0 aromatic rings. The molecule has 1 aliphatic heterocycles. The van der Waals surface area contributed by atoms with Crippen LogP contribution in [0.3, 0.4) is 0 Å². The first-order valence-corrected chi connectivity index (χ1v) is 5.36. The van der Waals surface area contributed by atoms with E-state index in [4.69, 9.17) is 4.74 Å². The Morgan fingerprint density at radius 2 is 1.88 bits per heavy atom. The number of rotatable bonds is 1. The maximum atomic E-state index is 12.6. The van der Waals surface area contributed by atoms with E-state index in [9.17, 15) is 18.0 Å². The van der Waals surface area contributed by atoms with E-state index in [1.165, 1.54) is 0 Å². The van der Waals surface area contributed by atoms with Crippen LogP contribution in [0.2, 0.25) is 0 Å². The molecule has 1 amide bonds. The number of carbonyl (C=O) groups excluding carboxylic acids is 1. The first-order chi connectivity index (χ1) is 7.59. The summed E-state index contributed by atoms with van der Waals surface area (Å²) in [4.78, 5) is 11.4. The second kappa shape index (κ2) is 4.72. The molecular formula is C10H17F3N2O2. The van der Waals surface area contributed by atoms with Crippen LogP contribution in [0.15, 0.2) is 0 Å². The van der Waals surface area contributed by atoms with E-state index >= 15 is 0 Å². The largest absolute Gasteiger partial charge is 0.444 e. The predicted molar refractivity (Wildman–Crippen MR) is 55.6 cm³/mol. The van der Waals surface area contributed by atoms with Crippen molar-refractivity contribution in [1.82, 2.24) is 10.6 Å². The van der Waals surface area contributed by atoms with Gasteiger partial charge in [0.1, 0.15) is 5.60 Å². The summed E-state index contributed by atoms with van der Waals surface area (Å²) in [5, 5.41) is 4.86. The Bertz CT molecular complexity index is 286. The van der Waals surface area contributed by atoms with Gasteiger partial charge in [0.25, 0.3) is 0 Å². The minimum Gasteiger partial charge on any atom is -0.444 e. The monoisotopic (exact) mass is 254 g/mol. The van der Waals surface area contributed by atoms with Crippen LogP contribution in [-0.4, -0.2) is 37.0 Å². The lowest BCUT2D eigenvalue weighted by Crippen LogP contribution is -2.47. The summed E-state index contributed by atoms with van der Waals surface area (Å²) in [5.74, 6) is -1.56. The van der Waals surface area contributed by atoms with Crippen LogP contribution in [0.1, 0.15) is 20.8 Å². The van der Waals surface area contributed by atoms with E-state index in [-0.39, 0.29) is 13.1 Å². The summed E-state index contributed by atoms with van der Waals surface area (Å²) in [7, 11) is 0. The fourth-order valence-corrected chi connectivity index (χ4v) is 1.63. The second-order valence-electron chi connectivity index (χ2n) is 5.06. The number of alkyl carbamates (subject to hydrolysis) is 1. The van der Waals surface area contributed by atoms with Crippen LogP contribution < -0.4 is 10.6 Å². The molecule has 2 N–H and O–H groups in total. The van der Waals surface area contributed by atoms with Gasteiger partial charge in [-0.15, -0.1) is 0 Å². The normalized spacial score (nSPS) is 25.8. The SMILES string of the molecule is CC(C)(C)OC(=O)N[C@@H]1CNC[C@@H]1C(F)(F)F. The summed E-state index contributed by atoms with van der Waals surface area (Å²) in [5.41, 5.74) is -0.718. The van der Waals surface area contributed by atoms with Gasteiger partial charge in [-0.05, 0) is 20.8 Å². The maximum absolute atomic E-state index is 12.6. The minimum atomic E-state index is -4.32. The Morgan fingerprint density at radius 1 is 1.29 bits per heavy atom. The van der Waals surface area contributed by atoms with E-state index in [0.29, 0.717) is 0 Å². The molecule has 0 aliphatic carbocycles. The summed E-state index contributed by atoms with van der Waals surface area (Å²) in [6.07, 6.45) is -5.14. The van der Waals surface area contributed by atoms with Crippen molar-refractivity contribution < 1.29 is 22.7 Å². The molecule has 1 aliphatic rings. The molecule has 0 spiro atoms. The zero-order valence-corrected chi connectivity index (χ0v) is 10.0. The molecule has 0 saturated carbocycles. The smallest absolute Gasteiger partial charge is 0.407 e. The molecule has 7 heteroatoms. The van der Waals surface area contributed by atoms with Gasteiger partial charge in [-0.1, -0.05) is 0 Å². The minimum absolute atomic E-state index is 0.101. The van der Waals surface area contributed by atoms with Gasteiger partial charge < -0.3 is 15.4 Å². The third kappa shape index (κ3) is 4.41. The Hall–Kier alpha value is -0.980. The molecule has 0 aromatic heterocycles. The molecule has 0 unspecified atom stereocenters. The van der Waals surface area contributed by atoms with E-state index < -0.39 is 29.8 Å². The van der Waals surface area contributed by atoms with E-state index in [0.717, 1.165) is 0 Å². The number of alkyl halides is 3. The summed E-state index contributed by atoms with van der Waals surface area (Å²) in [6.45, 7) is 4.88. The van der Waals surface area contributed by atoms with E-state index in [1.807, 2.05) is 0 Å². The highest BCUT2D eigenvalue weighted by Crippen LogP contribution is 2.30. The molecule has 1 saturated heterocycles. The molecule has 2 atom stereocenters. The van der Waals surface area contributed by atoms with Crippen LogP contribution in [0, 0.1) is 5.92 Å². The number of ether oxygens (including phenoxy) is 1. The molecule has 100 valence electrons. The fraction of sp³-hybridized carbons (Fsp3) is 0.900. The second-order valence-corrected chi connectivity index (χ2v) is 5.06. The maximum Gasteiger partial charge on any atom is 0.407 e. The average Bonchev–Trinajstić information content (AvgIpc) is 2.46. The highest BCUT2D eigenvalue weighted by atomic mass is 19.4. The molecule has 0 bridgehead atoms. The van der Waals surface area contributed by atoms with Crippen molar-refractivity contribution in [3.8, 4) is 0 Å². The van der Waals surface area contributed by atoms with Crippen molar-refractivity contribution in [2.75, 3.05) is 13.1 Å². The first kappa shape index (κ1) is 14.1. The van der Waals surface area contributed by atoms with Gasteiger partial charge in [-0.25, -0.2) is 4.79 Å². The van der Waals surface area contributed by atoms with Crippen molar-refractivity contribution in [2.24, 2.45) is 5.92 Å². The highest BCUT2D eigenvalue weighted by molar-refractivity contribution is 5.68. The summed E-state index contributed by atoms with van der Waals surface area (Å²) in [6, 6.07) is -0.968. The Kier molecular flexibility index (Phi) is 3.91. The van der Waals surface area contributed by atoms with Crippen LogP contribution in [0.25, 0.3) is 0 Å². The van der Waals surface area contributed by atoms with Gasteiger partial charge in [-0.3, -0.25) is 0 Å². The molecule has 1 fully saturated rings. The van der Waals surface area contributed by atoms with Crippen molar-refractivity contribution in [1.29, 1.82) is 0 Å². The van der Waals surface area contributed by atoms with E-state index in [2.05, 4.69) is 10.6 Å². The predicted octanol–water partition coefficient (Wildman–Crippen LogP) is 1.66. The van der Waals surface area contributed by atoms with Gasteiger partial charge in [-0.2, -0.15) is 13.2 Å².